The third-order valence-corrected chi connectivity index (χ3v) is 3.22. The fourth-order valence-corrected chi connectivity index (χ4v) is 2.28. The number of rotatable bonds is 2. The summed E-state index contributed by atoms with van der Waals surface area (Å²) in [7, 11) is 0. The third kappa shape index (κ3) is 1.88. The predicted molar refractivity (Wildman–Crippen MR) is 72.2 cm³/mol. The SMILES string of the molecule is Cc1cc(Cn2c(N)nc3ccc(Br)cc32)on1. The van der Waals surface area contributed by atoms with Crippen molar-refractivity contribution >= 4 is 32.9 Å². The van der Waals surface area contributed by atoms with Crippen molar-refractivity contribution in [3.8, 4) is 0 Å². The lowest BCUT2D eigenvalue weighted by molar-refractivity contribution is 0.374. The molecule has 0 radical (unpaired) electrons. The number of fused-ring (bicyclic) bond motifs is 1. The highest BCUT2D eigenvalue weighted by molar-refractivity contribution is 9.10. The summed E-state index contributed by atoms with van der Waals surface area (Å²) in [4.78, 5) is 4.32. The maximum atomic E-state index is 5.93. The minimum Gasteiger partial charge on any atom is -0.369 e. The number of benzene rings is 1. The fraction of sp³-hybridized carbons (Fsp3) is 0.167. The average Bonchev–Trinajstić information content (AvgIpc) is 2.86. The molecule has 92 valence electrons. The van der Waals surface area contributed by atoms with Crippen LogP contribution < -0.4 is 5.73 Å². The number of aromatic nitrogens is 3. The molecule has 1 aromatic carbocycles. The van der Waals surface area contributed by atoms with E-state index in [1.807, 2.05) is 35.8 Å². The van der Waals surface area contributed by atoms with Crippen LogP contribution in [0.3, 0.4) is 0 Å². The lowest BCUT2D eigenvalue weighted by Gasteiger charge is -2.03. The summed E-state index contributed by atoms with van der Waals surface area (Å²) in [6, 6.07) is 7.75. The monoisotopic (exact) mass is 306 g/mol. The first-order chi connectivity index (χ1) is 8.63. The molecule has 0 aliphatic carbocycles. The molecule has 0 bridgehead atoms. The van der Waals surface area contributed by atoms with Crippen LogP contribution in [0.4, 0.5) is 5.95 Å². The van der Waals surface area contributed by atoms with Gasteiger partial charge in [-0.05, 0) is 25.1 Å². The van der Waals surface area contributed by atoms with Gasteiger partial charge < -0.3 is 14.8 Å². The number of nitrogen functional groups attached to an aromatic ring is 1. The lowest BCUT2D eigenvalue weighted by Crippen LogP contribution is -2.03. The number of imidazole rings is 1. The van der Waals surface area contributed by atoms with Crippen LogP contribution in [-0.2, 0) is 6.54 Å². The van der Waals surface area contributed by atoms with E-state index in [0.717, 1.165) is 27.0 Å². The molecule has 0 saturated heterocycles. The van der Waals surface area contributed by atoms with Crippen LogP contribution >= 0.6 is 15.9 Å². The van der Waals surface area contributed by atoms with Crippen LogP contribution in [0.5, 0.6) is 0 Å². The minimum atomic E-state index is 0.470. The molecule has 3 aromatic rings. The second-order valence-corrected chi connectivity index (χ2v) is 5.04. The van der Waals surface area contributed by atoms with Gasteiger partial charge in [-0.2, -0.15) is 0 Å². The van der Waals surface area contributed by atoms with E-state index in [2.05, 4.69) is 26.1 Å². The number of aryl methyl sites for hydroxylation is 1. The Bertz CT molecular complexity index is 716. The topological polar surface area (TPSA) is 69.9 Å². The van der Waals surface area contributed by atoms with Crippen LogP contribution in [0, 0.1) is 6.92 Å². The molecule has 18 heavy (non-hydrogen) atoms. The largest absolute Gasteiger partial charge is 0.369 e. The summed E-state index contributed by atoms with van der Waals surface area (Å²) in [5, 5.41) is 3.87. The third-order valence-electron chi connectivity index (χ3n) is 2.73. The number of hydrogen-bond acceptors (Lipinski definition) is 4. The second kappa shape index (κ2) is 4.13. The lowest BCUT2D eigenvalue weighted by atomic mass is 10.3. The van der Waals surface area contributed by atoms with Crippen molar-refractivity contribution in [2.75, 3.05) is 5.73 Å². The fourth-order valence-electron chi connectivity index (χ4n) is 1.93. The first-order valence-corrected chi connectivity index (χ1v) is 6.26. The van der Waals surface area contributed by atoms with Crippen molar-refractivity contribution in [1.82, 2.24) is 14.7 Å². The molecule has 0 aliphatic heterocycles. The van der Waals surface area contributed by atoms with E-state index in [9.17, 15) is 0 Å². The zero-order valence-corrected chi connectivity index (χ0v) is 11.3. The summed E-state index contributed by atoms with van der Waals surface area (Å²) in [5.74, 6) is 1.23. The Morgan fingerprint density at radius 2 is 2.22 bits per heavy atom. The van der Waals surface area contributed by atoms with Crippen molar-refractivity contribution in [3.05, 3.63) is 40.2 Å². The van der Waals surface area contributed by atoms with Crippen LogP contribution in [-0.4, -0.2) is 14.7 Å². The van der Waals surface area contributed by atoms with Crippen LogP contribution in [0.1, 0.15) is 11.5 Å². The van der Waals surface area contributed by atoms with Crippen molar-refractivity contribution in [2.24, 2.45) is 0 Å². The van der Waals surface area contributed by atoms with Crippen molar-refractivity contribution in [3.63, 3.8) is 0 Å². The van der Waals surface area contributed by atoms with Gasteiger partial charge in [0.1, 0.15) is 0 Å². The molecular formula is C12H11BrN4O. The number of hydrogen-bond donors (Lipinski definition) is 1. The van der Waals surface area contributed by atoms with Gasteiger partial charge in [0.2, 0.25) is 5.95 Å². The molecular weight excluding hydrogens is 296 g/mol. The van der Waals surface area contributed by atoms with Crippen LogP contribution in [0.25, 0.3) is 11.0 Å². The summed E-state index contributed by atoms with van der Waals surface area (Å²) in [6.07, 6.45) is 0. The van der Waals surface area contributed by atoms with Gasteiger partial charge in [-0.3, -0.25) is 0 Å². The first kappa shape index (κ1) is 11.3. The molecule has 3 rings (SSSR count). The molecule has 2 heterocycles. The van der Waals surface area contributed by atoms with Crippen LogP contribution in [0.2, 0.25) is 0 Å². The van der Waals surface area contributed by atoms with Gasteiger partial charge in [-0.1, -0.05) is 21.1 Å². The molecule has 0 atom stereocenters. The van der Waals surface area contributed by atoms with Gasteiger partial charge in [-0.25, -0.2) is 4.98 Å². The van der Waals surface area contributed by atoms with Gasteiger partial charge >= 0.3 is 0 Å². The van der Waals surface area contributed by atoms with E-state index < -0.39 is 0 Å². The maximum Gasteiger partial charge on any atom is 0.201 e. The molecule has 5 nitrogen and oxygen atoms in total. The first-order valence-electron chi connectivity index (χ1n) is 5.47. The van der Waals surface area contributed by atoms with E-state index in [-0.39, 0.29) is 0 Å². The molecule has 2 aromatic heterocycles. The summed E-state index contributed by atoms with van der Waals surface area (Å²) in [6.45, 7) is 2.42. The second-order valence-electron chi connectivity index (χ2n) is 4.12. The molecule has 6 heteroatoms. The molecule has 0 saturated carbocycles. The Morgan fingerprint density at radius 3 is 2.94 bits per heavy atom. The number of nitrogens with zero attached hydrogens (tertiary/aromatic N) is 3. The quantitative estimate of drug-likeness (QED) is 0.790. The number of nitrogens with two attached hydrogens (primary N) is 1. The zero-order chi connectivity index (χ0) is 12.7. The average molecular weight is 307 g/mol. The molecule has 2 N–H and O–H groups in total. The summed E-state index contributed by atoms with van der Waals surface area (Å²) in [5.41, 5.74) is 8.62. The van der Waals surface area contributed by atoms with E-state index in [4.69, 9.17) is 10.3 Å². The smallest absolute Gasteiger partial charge is 0.201 e. The highest BCUT2D eigenvalue weighted by Gasteiger charge is 2.11. The molecule has 0 unspecified atom stereocenters. The zero-order valence-electron chi connectivity index (χ0n) is 9.72. The molecule has 0 spiro atoms. The van der Waals surface area contributed by atoms with E-state index >= 15 is 0 Å². The van der Waals surface area contributed by atoms with E-state index in [1.54, 1.807) is 0 Å². The Kier molecular flexibility index (Phi) is 2.59. The van der Waals surface area contributed by atoms with E-state index in [0.29, 0.717) is 12.5 Å². The summed E-state index contributed by atoms with van der Waals surface area (Å²) < 4.78 is 8.10. The Labute approximate surface area is 112 Å². The summed E-state index contributed by atoms with van der Waals surface area (Å²) >= 11 is 3.45. The van der Waals surface area contributed by atoms with Gasteiger partial charge in [0, 0.05) is 10.5 Å². The van der Waals surface area contributed by atoms with Crippen molar-refractivity contribution in [1.29, 1.82) is 0 Å². The Hall–Kier alpha value is -1.82. The molecule has 0 fully saturated rings. The van der Waals surface area contributed by atoms with Crippen molar-refractivity contribution in [2.45, 2.75) is 13.5 Å². The highest BCUT2D eigenvalue weighted by Crippen LogP contribution is 2.23. The van der Waals surface area contributed by atoms with E-state index in [1.165, 1.54) is 0 Å². The normalized spacial score (nSPS) is 11.2. The van der Waals surface area contributed by atoms with Crippen molar-refractivity contribution < 1.29 is 4.52 Å². The predicted octanol–water partition coefficient (Wildman–Crippen LogP) is 2.73. The Morgan fingerprint density at radius 1 is 1.39 bits per heavy atom. The van der Waals surface area contributed by atoms with Gasteiger partial charge in [0.05, 0.1) is 23.3 Å². The van der Waals surface area contributed by atoms with Gasteiger partial charge in [0.25, 0.3) is 0 Å². The van der Waals surface area contributed by atoms with Crippen LogP contribution in [0.15, 0.2) is 33.3 Å². The molecule has 0 aliphatic rings. The van der Waals surface area contributed by atoms with Gasteiger partial charge in [0.15, 0.2) is 5.76 Å². The molecule has 0 amide bonds. The number of anilines is 1. The number of halogens is 1. The maximum absolute atomic E-state index is 5.93. The highest BCUT2D eigenvalue weighted by atomic mass is 79.9. The Balaban J connectivity index is 2.10. The minimum absolute atomic E-state index is 0.470. The van der Waals surface area contributed by atoms with Gasteiger partial charge in [-0.15, -0.1) is 0 Å². The standard InChI is InChI=1S/C12H11BrN4O/c1-7-4-9(18-16-7)6-17-11-5-8(13)2-3-10(11)15-12(17)14/h2-5H,6H2,1H3,(H2,14,15).